The van der Waals surface area contributed by atoms with Crippen molar-refractivity contribution in [3.8, 4) is 0 Å². The minimum absolute atomic E-state index is 0.576. The maximum atomic E-state index is 4.75. The third kappa shape index (κ3) is 1.30. The summed E-state index contributed by atoms with van der Waals surface area (Å²) in [5.41, 5.74) is 0. The molecule has 0 saturated heterocycles. The molecule has 1 rings (SSSR count). The van der Waals surface area contributed by atoms with Crippen LogP contribution in [0.5, 0.6) is 0 Å². The highest BCUT2D eigenvalue weighted by Gasteiger charge is 1.79. The standard InChI is InChI=1S/C5H5O2/c1-2-6-4-5-7-3-1/h1-2,5H,3H2. The van der Waals surface area contributed by atoms with Gasteiger partial charge in [0.25, 0.3) is 0 Å². The molecule has 0 aliphatic carbocycles. The molecule has 1 aliphatic heterocycles. The zero-order valence-electron chi connectivity index (χ0n) is 3.76. The second kappa shape index (κ2) is 2.29. The fourth-order valence-electron chi connectivity index (χ4n) is 0.292. The van der Waals surface area contributed by atoms with E-state index in [1.54, 1.807) is 6.08 Å². The van der Waals surface area contributed by atoms with E-state index in [9.17, 15) is 0 Å². The van der Waals surface area contributed by atoms with Gasteiger partial charge in [0.2, 0.25) is 6.26 Å². The summed E-state index contributed by atoms with van der Waals surface area (Å²) >= 11 is 0. The Morgan fingerprint density at radius 1 is 1.57 bits per heavy atom. The SMILES string of the molecule is [C]1=COCC=CO1. The van der Waals surface area contributed by atoms with Crippen LogP contribution in [0.15, 0.2) is 18.6 Å². The molecule has 1 radical (unpaired) electrons. The highest BCUT2D eigenvalue weighted by molar-refractivity contribution is 4.77. The molecule has 0 spiro atoms. The molecule has 0 saturated carbocycles. The Morgan fingerprint density at radius 3 is 3.57 bits per heavy atom. The fourth-order valence-corrected chi connectivity index (χ4v) is 0.292. The summed E-state index contributed by atoms with van der Waals surface area (Å²) in [5.74, 6) is 0. The molecular formula is C5H5O2. The predicted octanol–water partition coefficient (Wildman–Crippen LogP) is 0.821. The lowest BCUT2D eigenvalue weighted by molar-refractivity contribution is 0.278. The Balaban J connectivity index is 2.38. The molecule has 0 N–H and O–H groups in total. The lowest BCUT2D eigenvalue weighted by Crippen LogP contribution is -1.75. The number of hydrogen-bond donors (Lipinski definition) is 0. The first-order valence-electron chi connectivity index (χ1n) is 1.99. The van der Waals surface area contributed by atoms with E-state index in [0.717, 1.165) is 0 Å². The van der Waals surface area contributed by atoms with E-state index >= 15 is 0 Å². The number of rotatable bonds is 0. The van der Waals surface area contributed by atoms with Crippen molar-refractivity contribution in [2.24, 2.45) is 0 Å². The molecule has 37 valence electrons. The monoisotopic (exact) mass is 97.0 g/mol. The van der Waals surface area contributed by atoms with E-state index in [2.05, 4.69) is 11.0 Å². The summed E-state index contributed by atoms with van der Waals surface area (Å²) in [6, 6.07) is 0. The van der Waals surface area contributed by atoms with E-state index in [0.29, 0.717) is 6.61 Å². The minimum Gasteiger partial charge on any atom is -0.493 e. The third-order valence-electron chi connectivity index (χ3n) is 0.556. The van der Waals surface area contributed by atoms with Gasteiger partial charge in [-0.25, -0.2) is 0 Å². The zero-order chi connectivity index (χ0) is 4.95. The smallest absolute Gasteiger partial charge is 0.206 e. The molecule has 1 aliphatic rings. The predicted molar refractivity (Wildman–Crippen MR) is 24.0 cm³/mol. The maximum Gasteiger partial charge on any atom is 0.206 e. The van der Waals surface area contributed by atoms with Crippen LogP contribution in [-0.4, -0.2) is 6.61 Å². The molecule has 1 heterocycles. The van der Waals surface area contributed by atoms with E-state index in [1.165, 1.54) is 12.5 Å². The largest absolute Gasteiger partial charge is 0.493 e. The average Bonchev–Trinajstić information content (AvgIpc) is 1.90. The van der Waals surface area contributed by atoms with Crippen LogP contribution in [0.25, 0.3) is 0 Å². The van der Waals surface area contributed by atoms with Crippen molar-refractivity contribution >= 4 is 0 Å². The van der Waals surface area contributed by atoms with Crippen LogP contribution in [0.1, 0.15) is 0 Å². The van der Waals surface area contributed by atoms with Crippen LogP contribution >= 0.6 is 0 Å². The van der Waals surface area contributed by atoms with Crippen LogP contribution in [0.3, 0.4) is 0 Å². The van der Waals surface area contributed by atoms with Gasteiger partial charge in [-0.05, 0) is 6.08 Å². The summed E-state index contributed by atoms with van der Waals surface area (Å²) < 4.78 is 9.33. The molecule has 0 aromatic carbocycles. The van der Waals surface area contributed by atoms with Crippen LogP contribution in [0, 0.1) is 6.26 Å². The quantitative estimate of drug-likeness (QED) is 0.445. The van der Waals surface area contributed by atoms with Crippen molar-refractivity contribution in [1.82, 2.24) is 0 Å². The van der Waals surface area contributed by atoms with Crippen molar-refractivity contribution < 1.29 is 9.47 Å². The Bertz CT molecular complexity index is 82.3. The summed E-state index contributed by atoms with van der Waals surface area (Å²) in [5, 5.41) is 0. The lowest BCUT2D eigenvalue weighted by atomic mass is 10.7. The molecule has 0 aromatic rings. The first kappa shape index (κ1) is 4.24. The van der Waals surface area contributed by atoms with Gasteiger partial charge in [-0.2, -0.15) is 0 Å². The van der Waals surface area contributed by atoms with Gasteiger partial charge in [0.1, 0.15) is 12.9 Å². The Kier molecular flexibility index (Phi) is 1.39. The van der Waals surface area contributed by atoms with Crippen molar-refractivity contribution in [3.63, 3.8) is 0 Å². The Hall–Kier alpha value is -0.920. The van der Waals surface area contributed by atoms with Crippen molar-refractivity contribution in [3.05, 3.63) is 24.9 Å². The second-order valence-corrected chi connectivity index (χ2v) is 1.06. The van der Waals surface area contributed by atoms with E-state index in [4.69, 9.17) is 4.74 Å². The first-order chi connectivity index (χ1) is 3.50. The van der Waals surface area contributed by atoms with Crippen molar-refractivity contribution in [2.75, 3.05) is 6.61 Å². The Morgan fingerprint density at radius 2 is 2.57 bits per heavy atom. The van der Waals surface area contributed by atoms with Crippen LogP contribution < -0.4 is 0 Å². The first-order valence-corrected chi connectivity index (χ1v) is 1.99. The molecule has 2 heteroatoms. The molecule has 2 nitrogen and oxygen atoms in total. The zero-order valence-corrected chi connectivity index (χ0v) is 3.76. The molecule has 0 unspecified atom stereocenters. The molecule has 0 fully saturated rings. The summed E-state index contributed by atoms with van der Waals surface area (Å²) in [6.45, 7) is 0.576. The molecule has 7 heavy (non-hydrogen) atoms. The second-order valence-electron chi connectivity index (χ2n) is 1.06. The maximum absolute atomic E-state index is 4.75. The highest BCUT2D eigenvalue weighted by atomic mass is 16.5. The van der Waals surface area contributed by atoms with Crippen LogP contribution in [0.4, 0.5) is 0 Å². The van der Waals surface area contributed by atoms with Gasteiger partial charge in [-0.15, -0.1) is 0 Å². The summed E-state index contributed by atoms with van der Waals surface area (Å²) in [4.78, 5) is 0. The molecule has 0 atom stereocenters. The van der Waals surface area contributed by atoms with Crippen LogP contribution in [0.2, 0.25) is 0 Å². The highest BCUT2D eigenvalue weighted by Crippen LogP contribution is 1.87. The third-order valence-corrected chi connectivity index (χ3v) is 0.556. The van der Waals surface area contributed by atoms with Crippen molar-refractivity contribution in [2.45, 2.75) is 0 Å². The van der Waals surface area contributed by atoms with Gasteiger partial charge in [0, 0.05) is 0 Å². The molecule has 0 amide bonds. The fraction of sp³-hybridized carbons (Fsp3) is 0.200. The van der Waals surface area contributed by atoms with Gasteiger partial charge >= 0.3 is 0 Å². The van der Waals surface area contributed by atoms with Gasteiger partial charge in [-0.1, -0.05) is 0 Å². The van der Waals surface area contributed by atoms with E-state index < -0.39 is 0 Å². The average molecular weight is 97.1 g/mol. The van der Waals surface area contributed by atoms with Gasteiger partial charge in [0.05, 0.1) is 6.26 Å². The van der Waals surface area contributed by atoms with E-state index in [-0.39, 0.29) is 0 Å². The Labute approximate surface area is 42.0 Å². The van der Waals surface area contributed by atoms with Gasteiger partial charge in [-0.3, -0.25) is 0 Å². The van der Waals surface area contributed by atoms with Gasteiger partial charge in [0.15, 0.2) is 0 Å². The normalized spacial score (nSPS) is 17.1. The number of hydrogen-bond acceptors (Lipinski definition) is 2. The molecule has 0 aromatic heterocycles. The molecule has 0 bridgehead atoms. The van der Waals surface area contributed by atoms with E-state index in [1.807, 2.05) is 0 Å². The minimum atomic E-state index is 0.576. The molecular weight excluding hydrogens is 92.1 g/mol. The van der Waals surface area contributed by atoms with Crippen molar-refractivity contribution in [1.29, 1.82) is 0 Å². The number of ether oxygens (including phenoxy) is 2. The summed E-state index contributed by atoms with van der Waals surface area (Å²) in [6.07, 6.45) is 7.09. The van der Waals surface area contributed by atoms with Gasteiger partial charge < -0.3 is 9.47 Å². The lowest BCUT2D eigenvalue weighted by Gasteiger charge is -1.84. The summed E-state index contributed by atoms with van der Waals surface area (Å²) in [7, 11) is 0. The topological polar surface area (TPSA) is 18.5 Å². The van der Waals surface area contributed by atoms with Crippen LogP contribution in [-0.2, 0) is 9.47 Å².